The summed E-state index contributed by atoms with van der Waals surface area (Å²) in [6.45, 7) is 4.23. The van der Waals surface area contributed by atoms with E-state index >= 15 is 0 Å². The smallest absolute Gasteiger partial charge is 0.248 e. The number of nitrogens with two attached hydrogens (primary N) is 1. The average Bonchev–Trinajstić information content (AvgIpc) is 2.89. The lowest BCUT2D eigenvalue weighted by Crippen LogP contribution is -2.26. The van der Waals surface area contributed by atoms with Crippen LogP contribution in [0.1, 0.15) is 10.4 Å². The molecule has 2 atom stereocenters. The maximum Gasteiger partial charge on any atom is 0.248 e. The van der Waals surface area contributed by atoms with Gasteiger partial charge in [0.2, 0.25) is 5.91 Å². The van der Waals surface area contributed by atoms with Crippen molar-refractivity contribution in [2.45, 2.75) is 0 Å². The molecule has 5 heteroatoms. The van der Waals surface area contributed by atoms with E-state index in [1.807, 2.05) is 0 Å². The number of nitrogens with zero attached hydrogens (tertiary/aromatic N) is 2. The Balaban J connectivity index is 1.81. The second-order valence-corrected chi connectivity index (χ2v) is 4.85. The summed E-state index contributed by atoms with van der Waals surface area (Å²) in [5.74, 6) is 1.91. The molecule has 17 heavy (non-hydrogen) atoms. The Kier molecular flexibility index (Phi) is 2.48. The van der Waals surface area contributed by atoms with Gasteiger partial charge in [0.1, 0.15) is 5.82 Å². The Morgan fingerprint density at radius 1 is 1.41 bits per heavy atom. The molecule has 0 aromatic carbocycles. The molecule has 3 rings (SSSR count). The maximum absolute atomic E-state index is 11.1. The van der Waals surface area contributed by atoms with Crippen LogP contribution in [0.5, 0.6) is 0 Å². The molecule has 0 unspecified atom stereocenters. The number of hydrogen-bond acceptors (Lipinski definition) is 4. The minimum atomic E-state index is -0.394. The summed E-state index contributed by atoms with van der Waals surface area (Å²) < 4.78 is 0. The Bertz CT molecular complexity index is 436. The van der Waals surface area contributed by atoms with E-state index in [4.69, 9.17) is 5.73 Å². The van der Waals surface area contributed by atoms with E-state index in [1.165, 1.54) is 0 Å². The summed E-state index contributed by atoms with van der Waals surface area (Å²) in [5, 5.41) is 3.40. The predicted octanol–water partition coefficient (Wildman–Crippen LogP) is -0.164. The molecule has 1 aromatic heterocycles. The third-order valence-corrected chi connectivity index (χ3v) is 3.74. The monoisotopic (exact) mass is 232 g/mol. The molecule has 0 spiro atoms. The molecule has 1 amide bonds. The molecule has 3 heterocycles. The number of rotatable bonds is 2. The van der Waals surface area contributed by atoms with Gasteiger partial charge in [0, 0.05) is 37.9 Å². The molecule has 5 nitrogen and oxygen atoms in total. The highest BCUT2D eigenvalue weighted by Gasteiger charge is 2.36. The molecule has 1 aromatic rings. The maximum atomic E-state index is 11.1. The molecule has 0 saturated carbocycles. The molecule has 0 aliphatic carbocycles. The fraction of sp³-hybridized carbons (Fsp3) is 0.500. The van der Waals surface area contributed by atoms with Crippen LogP contribution in [0.25, 0.3) is 0 Å². The standard InChI is InChI=1S/C12H16N4O/c13-12(17)8-1-2-15-11(3-8)16-6-9-4-14-5-10(9)7-16/h1-3,9-10,14H,4-7H2,(H2,13,17)/t9-,10+. The average molecular weight is 232 g/mol. The quantitative estimate of drug-likeness (QED) is 0.743. The lowest BCUT2D eigenvalue weighted by Gasteiger charge is -2.18. The van der Waals surface area contributed by atoms with Gasteiger partial charge in [0.05, 0.1) is 0 Å². The van der Waals surface area contributed by atoms with Crippen LogP contribution in [0.2, 0.25) is 0 Å². The lowest BCUT2D eigenvalue weighted by atomic mass is 10.0. The number of fused-ring (bicyclic) bond motifs is 1. The van der Waals surface area contributed by atoms with Crippen LogP contribution < -0.4 is 16.0 Å². The van der Waals surface area contributed by atoms with Crippen molar-refractivity contribution in [3.8, 4) is 0 Å². The topological polar surface area (TPSA) is 71.2 Å². The minimum Gasteiger partial charge on any atom is -0.366 e. The van der Waals surface area contributed by atoms with Crippen LogP contribution in [0.15, 0.2) is 18.3 Å². The van der Waals surface area contributed by atoms with E-state index < -0.39 is 5.91 Å². The normalized spacial score (nSPS) is 27.2. The Labute approximate surface area is 100 Å². The number of anilines is 1. The summed E-state index contributed by atoms with van der Waals surface area (Å²) in [6, 6.07) is 3.45. The van der Waals surface area contributed by atoms with Gasteiger partial charge < -0.3 is 16.0 Å². The van der Waals surface area contributed by atoms with Crippen molar-refractivity contribution >= 4 is 11.7 Å². The molecule has 3 N–H and O–H groups in total. The first kappa shape index (κ1) is 10.5. The third kappa shape index (κ3) is 1.86. The number of carbonyl (C=O) groups is 1. The number of amides is 1. The van der Waals surface area contributed by atoms with Crippen LogP contribution in [0.3, 0.4) is 0 Å². The van der Waals surface area contributed by atoms with Crippen LogP contribution in [-0.2, 0) is 0 Å². The van der Waals surface area contributed by atoms with E-state index in [2.05, 4.69) is 15.2 Å². The second-order valence-electron chi connectivity index (χ2n) is 4.85. The minimum absolute atomic E-state index is 0.394. The van der Waals surface area contributed by atoms with Gasteiger partial charge >= 0.3 is 0 Å². The van der Waals surface area contributed by atoms with Crippen molar-refractivity contribution in [2.75, 3.05) is 31.1 Å². The Hall–Kier alpha value is -1.62. The Morgan fingerprint density at radius 3 is 2.76 bits per heavy atom. The zero-order chi connectivity index (χ0) is 11.8. The number of aromatic nitrogens is 1. The van der Waals surface area contributed by atoms with E-state index in [0.29, 0.717) is 17.4 Å². The summed E-state index contributed by atoms with van der Waals surface area (Å²) >= 11 is 0. The molecule has 0 bridgehead atoms. The van der Waals surface area contributed by atoms with Gasteiger partial charge in [-0.3, -0.25) is 4.79 Å². The number of carbonyl (C=O) groups excluding carboxylic acids is 1. The number of hydrogen-bond donors (Lipinski definition) is 2. The van der Waals surface area contributed by atoms with Crippen molar-refractivity contribution < 1.29 is 4.79 Å². The van der Waals surface area contributed by atoms with E-state index in [9.17, 15) is 4.79 Å². The molecule has 2 saturated heterocycles. The summed E-state index contributed by atoms with van der Waals surface area (Å²) in [5.41, 5.74) is 5.81. The van der Waals surface area contributed by atoms with Crippen LogP contribution in [0, 0.1) is 11.8 Å². The molecule has 90 valence electrons. The number of nitrogens with one attached hydrogen (secondary N) is 1. The third-order valence-electron chi connectivity index (χ3n) is 3.74. The highest BCUT2D eigenvalue weighted by atomic mass is 16.1. The molecular weight excluding hydrogens is 216 g/mol. The van der Waals surface area contributed by atoms with E-state index in [0.717, 1.165) is 32.0 Å². The molecular formula is C12H16N4O. The van der Waals surface area contributed by atoms with Crippen LogP contribution >= 0.6 is 0 Å². The first-order valence-corrected chi connectivity index (χ1v) is 5.95. The van der Waals surface area contributed by atoms with E-state index in [1.54, 1.807) is 18.3 Å². The van der Waals surface area contributed by atoms with Gasteiger partial charge in [-0.1, -0.05) is 0 Å². The fourth-order valence-corrected chi connectivity index (χ4v) is 2.79. The molecule has 2 aliphatic rings. The highest BCUT2D eigenvalue weighted by molar-refractivity contribution is 5.93. The fourth-order valence-electron chi connectivity index (χ4n) is 2.79. The predicted molar refractivity (Wildman–Crippen MR) is 64.8 cm³/mol. The largest absolute Gasteiger partial charge is 0.366 e. The highest BCUT2D eigenvalue weighted by Crippen LogP contribution is 2.29. The molecule has 2 aliphatic heterocycles. The molecule has 0 radical (unpaired) electrons. The lowest BCUT2D eigenvalue weighted by molar-refractivity contribution is 0.1000. The van der Waals surface area contributed by atoms with E-state index in [-0.39, 0.29) is 0 Å². The van der Waals surface area contributed by atoms with Gasteiger partial charge in [-0.2, -0.15) is 0 Å². The van der Waals surface area contributed by atoms with Gasteiger partial charge in [0.15, 0.2) is 0 Å². The summed E-state index contributed by atoms with van der Waals surface area (Å²) in [4.78, 5) is 17.7. The first-order valence-electron chi connectivity index (χ1n) is 5.95. The zero-order valence-corrected chi connectivity index (χ0v) is 9.60. The number of primary amides is 1. The second kappa shape index (κ2) is 4.00. The van der Waals surface area contributed by atoms with Gasteiger partial charge in [-0.05, 0) is 24.0 Å². The SMILES string of the molecule is NC(=O)c1ccnc(N2C[C@H]3CNC[C@H]3C2)c1. The first-order chi connectivity index (χ1) is 8.24. The summed E-state index contributed by atoms with van der Waals surface area (Å²) in [6.07, 6.45) is 1.65. The van der Waals surface area contributed by atoms with Gasteiger partial charge in [-0.15, -0.1) is 0 Å². The summed E-state index contributed by atoms with van der Waals surface area (Å²) in [7, 11) is 0. The van der Waals surface area contributed by atoms with Gasteiger partial charge in [0.25, 0.3) is 0 Å². The van der Waals surface area contributed by atoms with Crippen molar-refractivity contribution in [3.05, 3.63) is 23.9 Å². The van der Waals surface area contributed by atoms with Crippen molar-refractivity contribution in [1.29, 1.82) is 0 Å². The van der Waals surface area contributed by atoms with Crippen molar-refractivity contribution in [1.82, 2.24) is 10.3 Å². The van der Waals surface area contributed by atoms with Crippen LogP contribution in [-0.4, -0.2) is 37.1 Å². The van der Waals surface area contributed by atoms with Crippen molar-refractivity contribution in [3.63, 3.8) is 0 Å². The molecule has 2 fully saturated rings. The van der Waals surface area contributed by atoms with Crippen molar-refractivity contribution in [2.24, 2.45) is 17.6 Å². The Morgan fingerprint density at radius 2 is 2.12 bits per heavy atom. The van der Waals surface area contributed by atoms with Crippen LogP contribution in [0.4, 0.5) is 5.82 Å². The number of pyridine rings is 1. The van der Waals surface area contributed by atoms with Gasteiger partial charge in [-0.25, -0.2) is 4.98 Å². The zero-order valence-electron chi connectivity index (χ0n) is 9.60.